The molecule has 0 saturated carbocycles. The molecular weight excluding hydrogens is 212 g/mol. The fraction of sp³-hybridized carbons (Fsp3) is 0.800. The van der Waals surface area contributed by atoms with Crippen LogP contribution < -0.4 is 0 Å². The second kappa shape index (κ2) is 7.52. The maximum atomic E-state index is 11.4. The molecule has 0 aromatic rings. The predicted octanol–water partition coefficient (Wildman–Crippen LogP) is 4.51. The lowest BCUT2D eigenvalue weighted by Crippen LogP contribution is -2.34. The minimum absolute atomic E-state index is 0.0874. The number of hydrogen-bond donors (Lipinski definition) is 1. The van der Waals surface area contributed by atoms with E-state index < -0.39 is 5.97 Å². The molecule has 17 heavy (non-hydrogen) atoms. The molecular formula is C15H28O2. The van der Waals surface area contributed by atoms with Crippen molar-refractivity contribution in [3.63, 3.8) is 0 Å². The second-order valence-corrected chi connectivity index (χ2v) is 5.93. The predicted molar refractivity (Wildman–Crippen MR) is 73.0 cm³/mol. The monoisotopic (exact) mass is 240 g/mol. The molecule has 0 rings (SSSR count). The van der Waals surface area contributed by atoms with Crippen molar-refractivity contribution in [2.45, 2.75) is 59.8 Å². The highest BCUT2D eigenvalue weighted by Gasteiger charge is 2.36. The first-order chi connectivity index (χ1) is 7.84. The van der Waals surface area contributed by atoms with Gasteiger partial charge in [0.1, 0.15) is 0 Å². The van der Waals surface area contributed by atoms with Crippen molar-refractivity contribution in [3.8, 4) is 0 Å². The van der Waals surface area contributed by atoms with Crippen LogP contribution in [0.25, 0.3) is 0 Å². The highest BCUT2D eigenvalue weighted by molar-refractivity contribution is 5.71. The summed E-state index contributed by atoms with van der Waals surface area (Å²) in [6.45, 7) is 12.0. The van der Waals surface area contributed by atoms with Crippen LogP contribution in [-0.4, -0.2) is 11.1 Å². The average molecular weight is 240 g/mol. The molecule has 0 aromatic heterocycles. The van der Waals surface area contributed by atoms with Crippen molar-refractivity contribution in [3.05, 3.63) is 12.7 Å². The molecule has 0 spiro atoms. The van der Waals surface area contributed by atoms with Crippen LogP contribution >= 0.6 is 0 Å². The Balaban J connectivity index is 4.48. The first-order valence-corrected chi connectivity index (χ1v) is 6.70. The zero-order valence-electron chi connectivity index (χ0n) is 11.8. The van der Waals surface area contributed by atoms with Gasteiger partial charge in [0.15, 0.2) is 0 Å². The van der Waals surface area contributed by atoms with Gasteiger partial charge in [-0.3, -0.25) is 4.79 Å². The van der Waals surface area contributed by atoms with E-state index in [-0.39, 0.29) is 17.3 Å². The normalized spacial score (nSPS) is 15.3. The summed E-state index contributed by atoms with van der Waals surface area (Å²) >= 11 is 0. The highest BCUT2D eigenvalue weighted by atomic mass is 16.4. The topological polar surface area (TPSA) is 37.3 Å². The smallest absolute Gasteiger partial charge is 0.307 e. The number of rotatable bonds is 8. The molecule has 2 unspecified atom stereocenters. The average Bonchev–Trinajstić information content (AvgIpc) is 2.19. The molecule has 0 heterocycles. The van der Waals surface area contributed by atoms with Crippen molar-refractivity contribution in [2.75, 3.05) is 0 Å². The van der Waals surface area contributed by atoms with E-state index in [0.717, 1.165) is 12.8 Å². The zero-order valence-corrected chi connectivity index (χ0v) is 11.8. The molecule has 0 aliphatic rings. The molecule has 0 amide bonds. The lowest BCUT2D eigenvalue weighted by Gasteiger charge is -2.32. The van der Waals surface area contributed by atoms with Crippen LogP contribution in [0, 0.1) is 17.3 Å². The molecule has 0 aromatic carbocycles. The van der Waals surface area contributed by atoms with Crippen LogP contribution in [0.2, 0.25) is 0 Å². The molecule has 0 saturated heterocycles. The standard InChI is InChI=1S/C15H28O2/c1-6-8-9-10-11-12(7-2)13(14(16)17)15(3,4)5/h7,12-13H,2,6,8-11H2,1,3-5H3,(H,16,17). The van der Waals surface area contributed by atoms with Crippen LogP contribution in [0.1, 0.15) is 59.8 Å². The summed E-state index contributed by atoms with van der Waals surface area (Å²) in [7, 11) is 0. The zero-order chi connectivity index (χ0) is 13.5. The van der Waals surface area contributed by atoms with E-state index in [0.29, 0.717) is 0 Å². The van der Waals surface area contributed by atoms with Crippen molar-refractivity contribution < 1.29 is 9.90 Å². The van der Waals surface area contributed by atoms with Gasteiger partial charge < -0.3 is 5.11 Å². The van der Waals surface area contributed by atoms with E-state index in [1.807, 2.05) is 26.8 Å². The SMILES string of the molecule is C=CC(CCCCCC)C(C(=O)O)C(C)(C)C. The van der Waals surface area contributed by atoms with Gasteiger partial charge in [0.25, 0.3) is 0 Å². The van der Waals surface area contributed by atoms with E-state index in [1.54, 1.807) is 0 Å². The number of unbranched alkanes of at least 4 members (excludes halogenated alkanes) is 3. The fourth-order valence-electron chi connectivity index (χ4n) is 2.42. The molecule has 2 atom stereocenters. The number of hydrogen-bond acceptors (Lipinski definition) is 1. The van der Waals surface area contributed by atoms with Crippen molar-refractivity contribution >= 4 is 5.97 Å². The Bertz CT molecular complexity index is 238. The van der Waals surface area contributed by atoms with Crippen LogP contribution in [0.15, 0.2) is 12.7 Å². The minimum atomic E-state index is -0.696. The molecule has 1 N–H and O–H groups in total. The van der Waals surface area contributed by atoms with Crippen LogP contribution in [0.5, 0.6) is 0 Å². The Kier molecular flexibility index (Phi) is 7.17. The van der Waals surface area contributed by atoms with E-state index in [2.05, 4.69) is 13.5 Å². The van der Waals surface area contributed by atoms with Crippen molar-refractivity contribution in [1.29, 1.82) is 0 Å². The summed E-state index contributed by atoms with van der Waals surface area (Å²) in [6, 6.07) is 0. The summed E-state index contributed by atoms with van der Waals surface area (Å²) in [6.07, 6.45) is 7.51. The molecule has 0 bridgehead atoms. The van der Waals surface area contributed by atoms with E-state index in [9.17, 15) is 9.90 Å². The summed E-state index contributed by atoms with van der Waals surface area (Å²) in [5, 5.41) is 9.37. The minimum Gasteiger partial charge on any atom is -0.481 e. The first kappa shape index (κ1) is 16.2. The first-order valence-electron chi connectivity index (χ1n) is 6.70. The lowest BCUT2D eigenvalue weighted by molar-refractivity contribution is -0.147. The van der Waals surface area contributed by atoms with Crippen LogP contribution in [0.4, 0.5) is 0 Å². The number of aliphatic carboxylic acids is 1. The summed E-state index contributed by atoms with van der Waals surface area (Å²) in [4.78, 5) is 11.4. The van der Waals surface area contributed by atoms with Gasteiger partial charge in [-0.05, 0) is 17.8 Å². The van der Waals surface area contributed by atoms with Gasteiger partial charge in [-0.15, -0.1) is 6.58 Å². The number of allylic oxidation sites excluding steroid dienone is 1. The second-order valence-electron chi connectivity index (χ2n) is 5.93. The Morgan fingerprint density at radius 3 is 2.24 bits per heavy atom. The quantitative estimate of drug-likeness (QED) is 0.501. The third-order valence-corrected chi connectivity index (χ3v) is 3.32. The summed E-state index contributed by atoms with van der Waals surface area (Å²) in [5.74, 6) is -0.941. The fourth-order valence-corrected chi connectivity index (χ4v) is 2.42. The molecule has 0 aliphatic heterocycles. The van der Waals surface area contributed by atoms with E-state index in [4.69, 9.17) is 0 Å². The largest absolute Gasteiger partial charge is 0.481 e. The summed E-state index contributed by atoms with van der Waals surface area (Å²) in [5.41, 5.74) is -0.213. The molecule has 2 heteroatoms. The van der Waals surface area contributed by atoms with Crippen molar-refractivity contribution in [2.24, 2.45) is 17.3 Å². The Morgan fingerprint density at radius 2 is 1.88 bits per heavy atom. The number of carboxylic acid groups (broad SMARTS) is 1. The third-order valence-electron chi connectivity index (χ3n) is 3.32. The Labute approximate surface area is 106 Å². The molecule has 0 fully saturated rings. The van der Waals surface area contributed by atoms with Gasteiger partial charge >= 0.3 is 5.97 Å². The molecule has 2 nitrogen and oxygen atoms in total. The number of carboxylic acids is 1. The van der Waals surface area contributed by atoms with E-state index in [1.165, 1.54) is 19.3 Å². The van der Waals surface area contributed by atoms with Crippen molar-refractivity contribution in [1.82, 2.24) is 0 Å². The van der Waals surface area contributed by atoms with Gasteiger partial charge in [-0.1, -0.05) is 59.5 Å². The van der Waals surface area contributed by atoms with Crippen LogP contribution in [-0.2, 0) is 4.79 Å². The van der Waals surface area contributed by atoms with Gasteiger partial charge in [-0.2, -0.15) is 0 Å². The third kappa shape index (κ3) is 5.90. The maximum absolute atomic E-state index is 11.4. The van der Waals surface area contributed by atoms with Gasteiger partial charge in [-0.25, -0.2) is 0 Å². The summed E-state index contributed by atoms with van der Waals surface area (Å²) < 4.78 is 0. The Morgan fingerprint density at radius 1 is 1.29 bits per heavy atom. The molecule has 0 radical (unpaired) electrons. The van der Waals surface area contributed by atoms with Crippen LogP contribution in [0.3, 0.4) is 0 Å². The number of carbonyl (C=O) groups is 1. The molecule has 100 valence electrons. The maximum Gasteiger partial charge on any atom is 0.307 e. The van der Waals surface area contributed by atoms with E-state index >= 15 is 0 Å². The molecule has 0 aliphatic carbocycles. The van der Waals surface area contributed by atoms with Gasteiger partial charge in [0.05, 0.1) is 5.92 Å². The highest BCUT2D eigenvalue weighted by Crippen LogP contribution is 2.35. The Hall–Kier alpha value is -0.790. The van der Waals surface area contributed by atoms with Gasteiger partial charge in [0.2, 0.25) is 0 Å². The lowest BCUT2D eigenvalue weighted by atomic mass is 9.71. The van der Waals surface area contributed by atoms with Gasteiger partial charge in [0, 0.05) is 0 Å².